The van der Waals surface area contributed by atoms with Gasteiger partial charge in [0.25, 0.3) is 0 Å². The first-order chi connectivity index (χ1) is 8.16. The lowest BCUT2D eigenvalue weighted by atomic mass is 9.95. The van der Waals surface area contributed by atoms with Crippen LogP contribution in [-0.4, -0.2) is 5.78 Å². The zero-order valence-corrected chi connectivity index (χ0v) is 10.2. The Kier molecular flexibility index (Phi) is 3.38. The summed E-state index contributed by atoms with van der Waals surface area (Å²) in [6.45, 7) is 3.74. The molecule has 0 spiro atoms. The van der Waals surface area contributed by atoms with E-state index >= 15 is 0 Å². The Bertz CT molecular complexity index is 492. The molecule has 0 atom stereocenters. The third-order valence-electron chi connectivity index (χ3n) is 2.90. The second-order valence-electron chi connectivity index (χ2n) is 4.38. The molecule has 1 nitrogen and oxygen atoms in total. The Morgan fingerprint density at radius 2 is 1.59 bits per heavy atom. The Labute approximate surface area is 102 Å². The molecular weight excluding hydrogens is 208 g/mol. The smallest absolute Gasteiger partial charge is 0.184 e. The Morgan fingerprint density at radius 3 is 2.18 bits per heavy atom. The first kappa shape index (κ1) is 11.6. The van der Waals surface area contributed by atoms with Gasteiger partial charge < -0.3 is 0 Å². The number of hydrogen-bond acceptors (Lipinski definition) is 1. The van der Waals surface area contributed by atoms with Crippen molar-refractivity contribution in [2.45, 2.75) is 20.3 Å². The third kappa shape index (κ3) is 2.82. The molecular formula is C16H16O. The number of carbonyl (C=O) groups excluding carboxylic acids is 1. The van der Waals surface area contributed by atoms with Gasteiger partial charge >= 0.3 is 0 Å². The Hall–Kier alpha value is -1.89. The quantitative estimate of drug-likeness (QED) is 0.749. The van der Waals surface area contributed by atoms with Crippen LogP contribution in [0.2, 0.25) is 0 Å². The van der Waals surface area contributed by atoms with Crippen LogP contribution >= 0.6 is 0 Å². The Morgan fingerprint density at radius 1 is 1.00 bits per heavy atom. The fourth-order valence-corrected chi connectivity index (χ4v) is 1.95. The number of allylic oxidation sites excluding steroid dienone is 6. The van der Waals surface area contributed by atoms with E-state index in [0.717, 1.165) is 23.1 Å². The molecule has 0 heterocycles. The predicted molar refractivity (Wildman–Crippen MR) is 70.8 cm³/mol. The van der Waals surface area contributed by atoms with Crippen molar-refractivity contribution in [2.75, 3.05) is 0 Å². The minimum absolute atomic E-state index is 0.155. The van der Waals surface area contributed by atoms with Gasteiger partial charge in [0.2, 0.25) is 0 Å². The van der Waals surface area contributed by atoms with Crippen LogP contribution in [0.5, 0.6) is 0 Å². The average Bonchev–Trinajstić information content (AvgIpc) is 2.34. The van der Waals surface area contributed by atoms with Gasteiger partial charge in [-0.2, -0.15) is 0 Å². The topological polar surface area (TPSA) is 17.1 Å². The van der Waals surface area contributed by atoms with Gasteiger partial charge in [-0.3, -0.25) is 4.79 Å². The SMILES string of the molecule is CC1=CC(=CCc2ccccc2)C=C(C)C1=O. The number of benzene rings is 1. The van der Waals surface area contributed by atoms with E-state index in [-0.39, 0.29) is 5.78 Å². The van der Waals surface area contributed by atoms with Gasteiger partial charge in [0.15, 0.2) is 5.78 Å². The lowest BCUT2D eigenvalue weighted by molar-refractivity contribution is -0.112. The van der Waals surface area contributed by atoms with Crippen molar-refractivity contribution >= 4 is 5.78 Å². The lowest BCUT2D eigenvalue weighted by Gasteiger charge is -2.09. The molecule has 17 heavy (non-hydrogen) atoms. The molecule has 0 aliphatic heterocycles. The summed E-state index contributed by atoms with van der Waals surface area (Å²) < 4.78 is 0. The van der Waals surface area contributed by atoms with Crippen molar-refractivity contribution in [1.29, 1.82) is 0 Å². The average molecular weight is 224 g/mol. The molecule has 0 fully saturated rings. The summed E-state index contributed by atoms with van der Waals surface area (Å²) in [7, 11) is 0. The normalized spacial score (nSPS) is 15.4. The van der Waals surface area contributed by atoms with E-state index in [4.69, 9.17) is 0 Å². The molecule has 0 bridgehead atoms. The first-order valence-electron chi connectivity index (χ1n) is 5.82. The molecule has 0 N–H and O–H groups in total. The van der Waals surface area contributed by atoms with Gasteiger partial charge in [-0.05, 0) is 54.7 Å². The highest BCUT2D eigenvalue weighted by Gasteiger charge is 2.12. The summed E-state index contributed by atoms with van der Waals surface area (Å²) in [6, 6.07) is 10.3. The Balaban J connectivity index is 2.16. The number of rotatable bonds is 2. The second-order valence-corrected chi connectivity index (χ2v) is 4.38. The summed E-state index contributed by atoms with van der Waals surface area (Å²) in [5.41, 5.74) is 4.06. The summed E-state index contributed by atoms with van der Waals surface area (Å²) in [5.74, 6) is 0.155. The lowest BCUT2D eigenvalue weighted by Crippen LogP contribution is -2.06. The largest absolute Gasteiger partial charge is 0.289 e. The van der Waals surface area contributed by atoms with Crippen molar-refractivity contribution in [1.82, 2.24) is 0 Å². The van der Waals surface area contributed by atoms with E-state index < -0.39 is 0 Å². The summed E-state index contributed by atoms with van der Waals surface area (Å²) in [4.78, 5) is 11.6. The molecule has 0 unspecified atom stereocenters. The number of carbonyl (C=O) groups is 1. The van der Waals surface area contributed by atoms with Crippen LogP contribution < -0.4 is 0 Å². The van der Waals surface area contributed by atoms with Crippen molar-refractivity contribution in [2.24, 2.45) is 0 Å². The zero-order chi connectivity index (χ0) is 12.3. The molecule has 1 aliphatic rings. The van der Waals surface area contributed by atoms with Crippen LogP contribution in [0.15, 0.2) is 65.3 Å². The van der Waals surface area contributed by atoms with E-state index in [9.17, 15) is 4.79 Å². The molecule has 1 aliphatic carbocycles. The molecule has 86 valence electrons. The summed E-state index contributed by atoms with van der Waals surface area (Å²) in [5, 5.41) is 0. The molecule has 0 radical (unpaired) electrons. The van der Waals surface area contributed by atoms with Crippen molar-refractivity contribution in [3.63, 3.8) is 0 Å². The predicted octanol–water partition coefficient (Wildman–Crippen LogP) is 3.63. The van der Waals surface area contributed by atoms with Crippen molar-refractivity contribution in [3.8, 4) is 0 Å². The van der Waals surface area contributed by atoms with E-state index in [2.05, 4.69) is 18.2 Å². The van der Waals surface area contributed by atoms with Gasteiger partial charge in [0.05, 0.1) is 0 Å². The van der Waals surface area contributed by atoms with E-state index in [0.29, 0.717) is 0 Å². The molecule has 0 amide bonds. The summed E-state index contributed by atoms with van der Waals surface area (Å²) >= 11 is 0. The van der Waals surface area contributed by atoms with Crippen LogP contribution in [0.1, 0.15) is 19.4 Å². The molecule has 1 aromatic carbocycles. The molecule has 0 saturated heterocycles. The third-order valence-corrected chi connectivity index (χ3v) is 2.90. The van der Waals surface area contributed by atoms with Gasteiger partial charge in [0, 0.05) is 0 Å². The highest BCUT2D eigenvalue weighted by atomic mass is 16.1. The summed E-state index contributed by atoms with van der Waals surface area (Å²) in [6.07, 6.45) is 6.98. The second kappa shape index (κ2) is 4.96. The molecule has 1 heteroatoms. The minimum atomic E-state index is 0.155. The van der Waals surface area contributed by atoms with Gasteiger partial charge in [-0.25, -0.2) is 0 Å². The van der Waals surface area contributed by atoms with Crippen LogP contribution in [-0.2, 0) is 11.2 Å². The van der Waals surface area contributed by atoms with Crippen molar-refractivity contribution in [3.05, 3.63) is 70.8 Å². The minimum Gasteiger partial charge on any atom is -0.289 e. The number of hydrogen-bond donors (Lipinski definition) is 0. The maximum Gasteiger partial charge on any atom is 0.184 e. The fourth-order valence-electron chi connectivity index (χ4n) is 1.95. The van der Waals surface area contributed by atoms with Crippen LogP contribution in [0.3, 0.4) is 0 Å². The van der Waals surface area contributed by atoms with Gasteiger partial charge in [-0.15, -0.1) is 0 Å². The maximum atomic E-state index is 11.6. The van der Waals surface area contributed by atoms with E-state index in [1.165, 1.54) is 5.56 Å². The molecule has 1 aromatic rings. The number of ketones is 1. The van der Waals surface area contributed by atoms with E-state index in [1.54, 1.807) is 0 Å². The monoisotopic (exact) mass is 224 g/mol. The highest BCUT2D eigenvalue weighted by molar-refractivity contribution is 6.09. The highest BCUT2D eigenvalue weighted by Crippen LogP contribution is 2.18. The standard InChI is InChI=1S/C16H16O/c1-12-10-15(11-13(2)16(12)17)9-8-14-6-4-3-5-7-14/h3-7,9-11H,8H2,1-2H3. The fraction of sp³-hybridized carbons (Fsp3) is 0.188. The maximum absolute atomic E-state index is 11.6. The van der Waals surface area contributed by atoms with E-state index in [1.807, 2.05) is 44.2 Å². The molecule has 0 saturated carbocycles. The number of Topliss-reactive ketones (excluding diaryl/α,β-unsaturated/α-hetero) is 1. The van der Waals surface area contributed by atoms with Crippen LogP contribution in [0.4, 0.5) is 0 Å². The van der Waals surface area contributed by atoms with Gasteiger partial charge in [0.1, 0.15) is 0 Å². The van der Waals surface area contributed by atoms with Gasteiger partial charge in [-0.1, -0.05) is 36.4 Å². The van der Waals surface area contributed by atoms with Crippen molar-refractivity contribution < 1.29 is 4.79 Å². The van der Waals surface area contributed by atoms with Crippen LogP contribution in [0.25, 0.3) is 0 Å². The molecule has 2 rings (SSSR count). The zero-order valence-electron chi connectivity index (χ0n) is 10.2. The first-order valence-corrected chi connectivity index (χ1v) is 5.82. The molecule has 0 aromatic heterocycles. The van der Waals surface area contributed by atoms with Crippen LogP contribution in [0, 0.1) is 0 Å².